The predicted octanol–water partition coefficient (Wildman–Crippen LogP) is 4.27. The highest BCUT2D eigenvalue weighted by Crippen LogP contribution is 2.39. The molecule has 2 aliphatic heterocycles. The maximum Gasteiger partial charge on any atom is 0.419 e. The van der Waals surface area contributed by atoms with Crippen molar-refractivity contribution in [3.63, 3.8) is 0 Å². The molecular weight excluding hydrogens is 541 g/mol. The van der Waals surface area contributed by atoms with Crippen molar-refractivity contribution < 1.29 is 37.0 Å². The third kappa shape index (κ3) is 6.80. The number of hydrogen-bond donors (Lipinski definition) is 1. The van der Waals surface area contributed by atoms with Gasteiger partial charge < -0.3 is 19.7 Å². The van der Waals surface area contributed by atoms with Crippen LogP contribution in [-0.2, 0) is 26.9 Å². The molecule has 1 saturated heterocycles. The number of amides is 3. The number of likely N-dealkylation sites (tertiary alicyclic amines) is 1. The molecule has 2 heterocycles. The number of benzene rings is 2. The van der Waals surface area contributed by atoms with Gasteiger partial charge in [0.15, 0.2) is 0 Å². The van der Waals surface area contributed by atoms with Crippen LogP contribution < -0.4 is 10.1 Å². The first-order chi connectivity index (χ1) is 19.2. The van der Waals surface area contributed by atoms with E-state index in [0.29, 0.717) is 18.6 Å². The smallest absolute Gasteiger partial charge is 0.419 e. The third-order valence-electron chi connectivity index (χ3n) is 6.85. The van der Waals surface area contributed by atoms with Gasteiger partial charge in [0.2, 0.25) is 5.91 Å². The predicted molar refractivity (Wildman–Crippen MR) is 144 cm³/mol. The highest BCUT2D eigenvalue weighted by molar-refractivity contribution is 6.13. The fourth-order valence-electron chi connectivity index (χ4n) is 5.06. The molecule has 0 aliphatic carbocycles. The number of rotatable bonds is 7. The summed E-state index contributed by atoms with van der Waals surface area (Å²) < 4.78 is 51.4. The maximum absolute atomic E-state index is 13.9. The third-order valence-corrected chi connectivity index (χ3v) is 6.85. The molecule has 41 heavy (non-hydrogen) atoms. The summed E-state index contributed by atoms with van der Waals surface area (Å²) in [6, 6.07) is 12.6. The van der Waals surface area contributed by atoms with E-state index in [4.69, 9.17) is 9.47 Å². The molecule has 0 saturated carbocycles. The van der Waals surface area contributed by atoms with Crippen LogP contribution in [0.5, 0.6) is 5.75 Å². The Kier molecular flexibility index (Phi) is 8.32. The number of alkyl halides is 3. The van der Waals surface area contributed by atoms with Gasteiger partial charge in [-0.3, -0.25) is 9.59 Å². The Bertz CT molecular complexity index is 1330. The number of nitrogens with one attached hydrogen (secondary N) is 1. The van der Waals surface area contributed by atoms with Crippen molar-refractivity contribution in [2.75, 3.05) is 26.7 Å². The van der Waals surface area contributed by atoms with Crippen molar-refractivity contribution in [1.29, 1.82) is 0 Å². The Hall–Kier alpha value is -4.09. The van der Waals surface area contributed by atoms with Gasteiger partial charge in [-0.25, -0.2) is 9.80 Å². The number of ether oxygens (including phenoxy) is 2. The minimum Gasteiger partial charge on any atom is -0.490 e. The summed E-state index contributed by atoms with van der Waals surface area (Å²) in [5.74, 6) is -1.36. The lowest BCUT2D eigenvalue weighted by molar-refractivity contribution is -0.141. The molecule has 0 bridgehead atoms. The number of fused-ring (bicyclic) bond motifs is 1. The number of hydrazone groups is 1. The first kappa shape index (κ1) is 29.9. The summed E-state index contributed by atoms with van der Waals surface area (Å²) >= 11 is 0. The van der Waals surface area contributed by atoms with Gasteiger partial charge in [0.05, 0.1) is 11.3 Å². The van der Waals surface area contributed by atoms with E-state index in [9.17, 15) is 27.6 Å². The highest BCUT2D eigenvalue weighted by Gasteiger charge is 2.54. The van der Waals surface area contributed by atoms with Crippen molar-refractivity contribution in [3.05, 3.63) is 65.7 Å². The van der Waals surface area contributed by atoms with Gasteiger partial charge in [-0.1, -0.05) is 42.5 Å². The highest BCUT2D eigenvalue weighted by atomic mass is 19.4. The van der Waals surface area contributed by atoms with Crippen molar-refractivity contribution in [1.82, 2.24) is 15.2 Å². The lowest BCUT2D eigenvalue weighted by atomic mass is 9.73. The van der Waals surface area contributed by atoms with Crippen LogP contribution in [0.25, 0.3) is 0 Å². The molecule has 0 radical (unpaired) electrons. The van der Waals surface area contributed by atoms with E-state index in [2.05, 4.69) is 10.4 Å². The first-order valence-corrected chi connectivity index (χ1v) is 13.2. The van der Waals surface area contributed by atoms with E-state index < -0.39 is 53.2 Å². The summed E-state index contributed by atoms with van der Waals surface area (Å²) in [5.41, 5.74) is -1.47. The van der Waals surface area contributed by atoms with Crippen molar-refractivity contribution >= 4 is 23.6 Å². The molecule has 0 aromatic heterocycles. The van der Waals surface area contributed by atoms with E-state index in [0.717, 1.165) is 17.7 Å². The molecule has 9 nitrogen and oxygen atoms in total. The van der Waals surface area contributed by atoms with Gasteiger partial charge in [-0.05, 0) is 44.9 Å². The Morgan fingerprint density at radius 2 is 1.73 bits per heavy atom. The van der Waals surface area contributed by atoms with E-state index in [1.165, 1.54) is 22.0 Å². The van der Waals surface area contributed by atoms with Crippen LogP contribution in [-0.4, -0.2) is 71.9 Å². The number of piperidine rings is 1. The molecular formula is C29H33F3N4O5. The molecule has 220 valence electrons. The molecule has 0 spiro atoms. The molecule has 4 rings (SSSR count). The SMILES string of the molecule is CN1N=C2CCN(C(=O)[C@@H](COc3ccccc3C(F)(F)F)NC(=O)OC(C)(C)C)C[C@@]2(Cc2ccccc2)C1=O. The van der Waals surface area contributed by atoms with Gasteiger partial charge in [-0.2, -0.15) is 18.3 Å². The second-order valence-corrected chi connectivity index (χ2v) is 11.1. The number of carbonyl (C=O) groups excluding carboxylic acids is 3. The standard InChI is InChI=1S/C29H33F3N4O5/c1-27(2,3)41-26(39)33-21(17-40-22-13-9-8-12-20(22)29(30,31)32)24(37)36-15-14-23-28(18-36,25(38)35(4)34-23)16-19-10-6-5-7-11-19/h5-13,21H,14-18H2,1-4H3,(H,33,39)/t21-,28-/m1/s1. The van der Waals surface area contributed by atoms with Crippen LogP contribution in [0, 0.1) is 5.41 Å². The quantitative estimate of drug-likeness (QED) is 0.533. The van der Waals surface area contributed by atoms with Crippen LogP contribution in [0.1, 0.15) is 38.3 Å². The van der Waals surface area contributed by atoms with Gasteiger partial charge in [0.25, 0.3) is 5.91 Å². The van der Waals surface area contributed by atoms with Crippen LogP contribution in [0.15, 0.2) is 59.7 Å². The normalized spacial score (nSPS) is 19.8. The largest absolute Gasteiger partial charge is 0.490 e. The zero-order valence-corrected chi connectivity index (χ0v) is 23.3. The van der Waals surface area contributed by atoms with Crippen LogP contribution >= 0.6 is 0 Å². The molecule has 2 atom stereocenters. The lowest BCUT2D eigenvalue weighted by Crippen LogP contribution is -2.60. The Balaban J connectivity index is 1.60. The van der Waals surface area contributed by atoms with Crippen molar-refractivity contribution in [2.45, 2.75) is 51.4 Å². The van der Waals surface area contributed by atoms with Crippen molar-refractivity contribution in [3.8, 4) is 5.75 Å². The van der Waals surface area contributed by atoms with E-state index in [1.54, 1.807) is 27.8 Å². The average molecular weight is 575 g/mol. The summed E-state index contributed by atoms with van der Waals surface area (Å²) in [7, 11) is 1.56. The summed E-state index contributed by atoms with van der Waals surface area (Å²) in [5, 5.41) is 8.17. The molecule has 2 aliphatic rings. The van der Waals surface area contributed by atoms with E-state index in [1.807, 2.05) is 30.3 Å². The number of halogens is 3. The first-order valence-electron chi connectivity index (χ1n) is 13.2. The minimum atomic E-state index is -4.68. The Labute approximate surface area is 236 Å². The zero-order chi connectivity index (χ0) is 30.0. The van der Waals surface area contributed by atoms with E-state index >= 15 is 0 Å². The minimum absolute atomic E-state index is 0.0195. The van der Waals surface area contributed by atoms with Gasteiger partial charge in [0, 0.05) is 26.6 Å². The van der Waals surface area contributed by atoms with Gasteiger partial charge >= 0.3 is 12.3 Å². The number of alkyl carbamates (subject to hydrolysis) is 1. The molecule has 1 fully saturated rings. The van der Waals surface area contributed by atoms with Crippen molar-refractivity contribution in [2.24, 2.45) is 10.5 Å². The topological polar surface area (TPSA) is 101 Å². The number of para-hydroxylation sites is 1. The summed E-state index contributed by atoms with van der Waals surface area (Å²) in [6.07, 6.45) is -5.00. The molecule has 12 heteroatoms. The lowest BCUT2D eigenvalue weighted by Gasteiger charge is -2.40. The molecule has 0 unspecified atom stereocenters. The van der Waals surface area contributed by atoms with Crippen LogP contribution in [0.2, 0.25) is 0 Å². The summed E-state index contributed by atoms with van der Waals surface area (Å²) in [6.45, 7) is 4.50. The fraction of sp³-hybridized carbons (Fsp3) is 0.448. The van der Waals surface area contributed by atoms with Gasteiger partial charge in [-0.15, -0.1) is 0 Å². The second kappa shape index (κ2) is 11.4. The Morgan fingerprint density at radius 1 is 1.07 bits per heavy atom. The number of nitrogens with zero attached hydrogens (tertiary/aromatic N) is 3. The van der Waals surface area contributed by atoms with Crippen LogP contribution in [0.3, 0.4) is 0 Å². The zero-order valence-electron chi connectivity index (χ0n) is 23.3. The van der Waals surface area contributed by atoms with E-state index in [-0.39, 0.29) is 19.0 Å². The number of carbonyl (C=O) groups is 3. The molecule has 1 N–H and O–H groups in total. The Morgan fingerprint density at radius 3 is 2.39 bits per heavy atom. The molecule has 3 amide bonds. The monoisotopic (exact) mass is 574 g/mol. The second-order valence-electron chi connectivity index (χ2n) is 11.1. The maximum atomic E-state index is 13.9. The number of hydrogen-bond acceptors (Lipinski definition) is 6. The fourth-order valence-corrected chi connectivity index (χ4v) is 5.06. The van der Waals surface area contributed by atoms with Gasteiger partial charge in [0.1, 0.15) is 29.4 Å². The molecule has 2 aromatic carbocycles. The average Bonchev–Trinajstić information content (AvgIpc) is 3.14. The molecule has 2 aromatic rings. The van der Waals surface area contributed by atoms with Crippen LogP contribution in [0.4, 0.5) is 18.0 Å². The summed E-state index contributed by atoms with van der Waals surface area (Å²) in [4.78, 5) is 41.4.